The molecule has 1 N–H and O–H groups in total. The summed E-state index contributed by atoms with van der Waals surface area (Å²) in [5, 5.41) is 0. The Morgan fingerprint density at radius 3 is 2.43 bits per heavy atom. The lowest BCUT2D eigenvalue weighted by Crippen LogP contribution is -2.28. The minimum atomic E-state index is -3.81. The highest BCUT2D eigenvalue weighted by Crippen LogP contribution is 2.27. The Labute approximate surface area is 170 Å². The van der Waals surface area contributed by atoms with Crippen LogP contribution in [0.15, 0.2) is 52.3 Å². The number of likely N-dealkylation sites (tertiary alicyclic amines) is 1. The molecule has 8 heteroatoms. The molecule has 0 spiro atoms. The molecule has 1 aliphatic rings. The molecule has 0 aromatic heterocycles. The Balaban J connectivity index is 1.86. The van der Waals surface area contributed by atoms with Crippen molar-refractivity contribution in [3.05, 3.63) is 48.0 Å². The summed E-state index contributed by atoms with van der Waals surface area (Å²) in [6.07, 6.45) is 3.84. The summed E-state index contributed by atoms with van der Waals surface area (Å²) in [4.78, 5) is 15.5. The lowest BCUT2D eigenvalue weighted by molar-refractivity contribution is 0.0789. The predicted molar refractivity (Wildman–Crippen MR) is 112 cm³/mol. The lowest BCUT2D eigenvalue weighted by Gasteiger charge is -2.18. The molecule has 2 aromatic rings. The second kappa shape index (κ2) is 8.87. The molecule has 0 atom stereocenters. The van der Waals surface area contributed by atoms with Gasteiger partial charge in [0.25, 0.3) is 15.9 Å². The molecule has 0 bridgehead atoms. The van der Waals surface area contributed by atoms with Crippen molar-refractivity contribution < 1.29 is 17.9 Å². The van der Waals surface area contributed by atoms with Gasteiger partial charge in [-0.1, -0.05) is 0 Å². The van der Waals surface area contributed by atoms with E-state index in [0.717, 1.165) is 17.7 Å². The fourth-order valence-corrected chi connectivity index (χ4v) is 4.77. The second-order valence-corrected chi connectivity index (χ2v) is 8.95. The van der Waals surface area contributed by atoms with E-state index in [1.54, 1.807) is 35.2 Å². The third-order valence-electron chi connectivity index (χ3n) is 4.52. The Hall–Kier alpha value is -2.19. The van der Waals surface area contributed by atoms with Crippen LogP contribution in [0.5, 0.6) is 5.75 Å². The minimum Gasteiger partial charge on any atom is -0.494 e. The summed E-state index contributed by atoms with van der Waals surface area (Å²) in [7, 11) is -3.81. The van der Waals surface area contributed by atoms with Crippen LogP contribution in [0.3, 0.4) is 0 Å². The molecule has 150 valence electrons. The first-order valence-corrected chi connectivity index (χ1v) is 11.9. The summed E-state index contributed by atoms with van der Waals surface area (Å²) < 4.78 is 33.6. The maximum Gasteiger partial charge on any atom is 0.261 e. The SMILES string of the molecule is CCOc1ccc(NS(=O)(=O)c2ccc(SC)c(C(=O)N3CCCC3)c2)cc1. The molecule has 1 aliphatic heterocycles. The number of hydrogen-bond acceptors (Lipinski definition) is 5. The highest BCUT2D eigenvalue weighted by Gasteiger charge is 2.24. The van der Waals surface area contributed by atoms with Gasteiger partial charge in [0.1, 0.15) is 5.75 Å². The van der Waals surface area contributed by atoms with Gasteiger partial charge in [0, 0.05) is 23.7 Å². The van der Waals surface area contributed by atoms with Crippen LogP contribution in [0.25, 0.3) is 0 Å². The van der Waals surface area contributed by atoms with Gasteiger partial charge in [0.15, 0.2) is 0 Å². The van der Waals surface area contributed by atoms with Crippen LogP contribution in [-0.2, 0) is 10.0 Å². The number of amides is 1. The van der Waals surface area contributed by atoms with E-state index in [1.807, 2.05) is 13.2 Å². The molecule has 0 radical (unpaired) electrons. The standard InChI is InChI=1S/C20H24N2O4S2/c1-3-26-16-8-6-15(7-9-16)21-28(24,25)17-10-11-19(27-2)18(14-17)20(23)22-12-4-5-13-22/h6-11,14,21H,3-5,12-13H2,1-2H3. The fourth-order valence-electron chi connectivity index (χ4n) is 3.11. The summed E-state index contributed by atoms with van der Waals surface area (Å²) in [6, 6.07) is 11.4. The zero-order valence-electron chi connectivity index (χ0n) is 16.0. The van der Waals surface area contributed by atoms with Crippen molar-refractivity contribution >= 4 is 33.4 Å². The summed E-state index contributed by atoms with van der Waals surface area (Å²) >= 11 is 1.44. The number of sulfonamides is 1. The smallest absolute Gasteiger partial charge is 0.261 e. The summed E-state index contributed by atoms with van der Waals surface area (Å²) in [5.41, 5.74) is 0.869. The number of carbonyl (C=O) groups excluding carboxylic acids is 1. The largest absolute Gasteiger partial charge is 0.494 e. The van der Waals surface area contributed by atoms with E-state index < -0.39 is 10.0 Å². The number of hydrogen-bond donors (Lipinski definition) is 1. The van der Waals surface area contributed by atoms with Crippen molar-refractivity contribution in [2.75, 3.05) is 30.7 Å². The van der Waals surface area contributed by atoms with Gasteiger partial charge in [0.05, 0.1) is 17.1 Å². The van der Waals surface area contributed by atoms with Gasteiger partial charge >= 0.3 is 0 Å². The topological polar surface area (TPSA) is 75.7 Å². The molecular formula is C20H24N2O4S2. The van der Waals surface area contributed by atoms with Crippen LogP contribution < -0.4 is 9.46 Å². The number of thioether (sulfide) groups is 1. The van der Waals surface area contributed by atoms with E-state index in [2.05, 4.69) is 4.72 Å². The number of carbonyl (C=O) groups is 1. The molecule has 3 rings (SSSR count). The van der Waals surface area contributed by atoms with Crippen molar-refractivity contribution in [1.82, 2.24) is 4.90 Å². The number of nitrogens with one attached hydrogen (secondary N) is 1. The van der Waals surface area contributed by atoms with Crippen LogP contribution in [0.4, 0.5) is 5.69 Å². The van der Waals surface area contributed by atoms with E-state index in [9.17, 15) is 13.2 Å². The Morgan fingerprint density at radius 1 is 1.14 bits per heavy atom. The first-order chi connectivity index (χ1) is 13.4. The maximum atomic E-state index is 12.8. The Morgan fingerprint density at radius 2 is 1.82 bits per heavy atom. The average molecular weight is 421 g/mol. The predicted octanol–water partition coefficient (Wildman–Crippen LogP) is 3.84. The summed E-state index contributed by atoms with van der Waals surface area (Å²) in [6.45, 7) is 3.86. The zero-order valence-corrected chi connectivity index (χ0v) is 17.6. The Bertz CT molecular complexity index is 937. The van der Waals surface area contributed by atoms with E-state index in [-0.39, 0.29) is 10.8 Å². The summed E-state index contributed by atoms with van der Waals surface area (Å²) in [5.74, 6) is 0.563. The first-order valence-electron chi connectivity index (χ1n) is 9.17. The second-order valence-electron chi connectivity index (χ2n) is 6.42. The van der Waals surface area contributed by atoms with Gasteiger partial charge < -0.3 is 9.64 Å². The van der Waals surface area contributed by atoms with Gasteiger partial charge in [0.2, 0.25) is 0 Å². The molecule has 0 unspecified atom stereocenters. The van der Waals surface area contributed by atoms with Crippen LogP contribution in [0, 0.1) is 0 Å². The van der Waals surface area contributed by atoms with E-state index in [4.69, 9.17) is 4.74 Å². The molecule has 1 fully saturated rings. The van der Waals surface area contributed by atoms with Gasteiger partial charge in [-0.05, 0) is 68.5 Å². The van der Waals surface area contributed by atoms with E-state index >= 15 is 0 Å². The Kier molecular flexibility index (Phi) is 6.51. The van der Waals surface area contributed by atoms with Gasteiger partial charge in [-0.15, -0.1) is 11.8 Å². The molecule has 1 amide bonds. The van der Waals surface area contributed by atoms with Crippen molar-refractivity contribution in [1.29, 1.82) is 0 Å². The average Bonchev–Trinajstić information content (AvgIpc) is 3.23. The highest BCUT2D eigenvalue weighted by atomic mass is 32.2. The molecule has 1 heterocycles. The molecule has 2 aromatic carbocycles. The van der Waals surface area contributed by atoms with Gasteiger partial charge in [-0.2, -0.15) is 0 Å². The number of benzene rings is 2. The van der Waals surface area contributed by atoms with Crippen molar-refractivity contribution in [2.24, 2.45) is 0 Å². The van der Waals surface area contributed by atoms with Crippen molar-refractivity contribution in [3.8, 4) is 5.75 Å². The molecule has 1 saturated heterocycles. The van der Waals surface area contributed by atoms with Crippen LogP contribution in [0.2, 0.25) is 0 Å². The highest BCUT2D eigenvalue weighted by molar-refractivity contribution is 7.98. The van der Waals surface area contributed by atoms with Gasteiger partial charge in [-0.3, -0.25) is 9.52 Å². The molecule has 6 nitrogen and oxygen atoms in total. The van der Waals surface area contributed by atoms with Crippen LogP contribution >= 0.6 is 11.8 Å². The van der Waals surface area contributed by atoms with Crippen molar-refractivity contribution in [2.45, 2.75) is 29.6 Å². The zero-order chi connectivity index (χ0) is 20.1. The molecular weight excluding hydrogens is 396 g/mol. The maximum absolute atomic E-state index is 12.8. The third kappa shape index (κ3) is 4.62. The minimum absolute atomic E-state index is 0.0710. The lowest BCUT2D eigenvalue weighted by atomic mass is 10.2. The monoisotopic (exact) mass is 420 g/mol. The van der Waals surface area contributed by atoms with E-state index in [1.165, 1.54) is 23.9 Å². The normalized spacial score (nSPS) is 14.1. The quantitative estimate of drug-likeness (QED) is 0.689. The third-order valence-corrected chi connectivity index (χ3v) is 6.70. The first kappa shape index (κ1) is 20.5. The van der Waals surface area contributed by atoms with Crippen LogP contribution in [0.1, 0.15) is 30.1 Å². The van der Waals surface area contributed by atoms with Gasteiger partial charge in [-0.25, -0.2) is 8.42 Å². The van der Waals surface area contributed by atoms with E-state index in [0.29, 0.717) is 36.7 Å². The molecule has 0 aliphatic carbocycles. The number of ether oxygens (including phenoxy) is 1. The number of anilines is 1. The number of nitrogens with zero attached hydrogens (tertiary/aromatic N) is 1. The van der Waals surface area contributed by atoms with Crippen LogP contribution in [-0.4, -0.2) is 45.2 Å². The molecule has 0 saturated carbocycles. The van der Waals surface area contributed by atoms with Crippen molar-refractivity contribution in [3.63, 3.8) is 0 Å². The number of rotatable bonds is 7. The molecule has 28 heavy (non-hydrogen) atoms. The fraction of sp³-hybridized carbons (Fsp3) is 0.350.